The fourth-order valence-electron chi connectivity index (χ4n) is 9.25. The zero-order chi connectivity index (χ0) is 38.2. The number of hydrogen-bond donors (Lipinski definition) is 2. The first kappa shape index (κ1) is 37.6. The molecular formula is C39H53N3O10. The molecule has 8 aliphatic rings. The lowest BCUT2D eigenvalue weighted by molar-refractivity contribution is -0.155. The summed E-state index contributed by atoms with van der Waals surface area (Å²) in [6.45, 7) is 16.2. The summed E-state index contributed by atoms with van der Waals surface area (Å²) < 4.78 is 15.7. The van der Waals surface area contributed by atoms with Crippen molar-refractivity contribution >= 4 is 36.1 Å². The number of likely N-dealkylation sites (tertiary alicyclic amines) is 2. The van der Waals surface area contributed by atoms with E-state index in [1.54, 1.807) is 20.8 Å². The van der Waals surface area contributed by atoms with Crippen molar-refractivity contribution < 1.29 is 48.1 Å². The van der Waals surface area contributed by atoms with E-state index in [9.17, 15) is 33.9 Å². The molecular weight excluding hydrogens is 670 g/mol. The molecule has 3 saturated carbocycles. The lowest BCUT2D eigenvalue weighted by atomic mass is 9.80. The van der Waals surface area contributed by atoms with Crippen LogP contribution in [0.15, 0.2) is 36.5 Å². The fraction of sp³-hybridized carbons (Fsp3) is 0.692. The number of carbonyl (C=O) groups is 6. The van der Waals surface area contributed by atoms with E-state index in [-0.39, 0.29) is 53.6 Å². The van der Waals surface area contributed by atoms with Crippen molar-refractivity contribution in [1.29, 1.82) is 0 Å². The third-order valence-electron chi connectivity index (χ3n) is 11.1. The minimum Gasteiger partial charge on any atom is -0.481 e. The molecule has 13 heteroatoms. The average Bonchev–Trinajstić information content (AvgIpc) is 3.82. The van der Waals surface area contributed by atoms with Gasteiger partial charge in [-0.1, -0.05) is 36.5 Å². The highest BCUT2D eigenvalue weighted by Gasteiger charge is 2.64. The van der Waals surface area contributed by atoms with Crippen molar-refractivity contribution in [2.24, 2.45) is 53.3 Å². The van der Waals surface area contributed by atoms with Gasteiger partial charge in [0.15, 0.2) is 0 Å². The van der Waals surface area contributed by atoms with Gasteiger partial charge in [0, 0.05) is 0 Å². The number of hydrogen-bond acceptors (Lipinski definition) is 9. The van der Waals surface area contributed by atoms with Crippen LogP contribution in [0, 0.1) is 53.3 Å². The van der Waals surface area contributed by atoms with Crippen LogP contribution in [0.2, 0.25) is 0 Å². The van der Waals surface area contributed by atoms with Crippen LogP contribution < -0.4 is 5.32 Å². The van der Waals surface area contributed by atoms with Crippen LogP contribution in [0.5, 0.6) is 0 Å². The Kier molecular flexibility index (Phi) is 9.44. The number of ether oxygens (including phenoxy) is 3. The number of allylic oxidation sites excluding steroid dienone is 3. The van der Waals surface area contributed by atoms with Gasteiger partial charge in [-0.3, -0.25) is 14.4 Å². The molecule has 5 amide bonds. The molecule has 8 rings (SSSR count). The second-order valence-electron chi connectivity index (χ2n) is 18.3. The first-order chi connectivity index (χ1) is 24.0. The highest BCUT2D eigenvalue weighted by atomic mass is 16.6. The lowest BCUT2D eigenvalue weighted by Crippen LogP contribution is -2.65. The van der Waals surface area contributed by atoms with Gasteiger partial charge in [-0.2, -0.15) is 0 Å². The second-order valence-corrected chi connectivity index (χ2v) is 18.3. The minimum atomic E-state index is -0.854. The monoisotopic (exact) mass is 723 g/mol. The number of nitrogens with zero attached hydrogens (tertiary/aromatic N) is 2. The Balaban J connectivity index is 0.000000134. The van der Waals surface area contributed by atoms with Crippen molar-refractivity contribution in [3.8, 4) is 0 Å². The molecule has 2 aliphatic heterocycles. The first-order valence-electron chi connectivity index (χ1n) is 18.4. The Hall–Kier alpha value is -4.16. The highest BCUT2D eigenvalue weighted by Crippen LogP contribution is 2.54. The zero-order valence-corrected chi connectivity index (χ0v) is 31.5. The minimum absolute atomic E-state index is 0.0347. The molecule has 0 aromatic carbocycles. The second kappa shape index (κ2) is 13.1. The highest BCUT2D eigenvalue weighted by molar-refractivity contribution is 6.01. The summed E-state index contributed by atoms with van der Waals surface area (Å²) in [5.74, 6) is 0.159. The molecule has 0 unspecified atom stereocenters. The number of nitrogens with one attached hydrogen (secondary N) is 1. The van der Waals surface area contributed by atoms with E-state index in [0.717, 1.165) is 19.3 Å². The SMILES string of the molecule is CC(C)(C)OC(=O)N1C(=O)[C@@H]2[C@@H]1[C@H]1C=C[C@@H]2C1.CC(C)(C)OC(=O)N1C(=O)[C@H]2[C@@H]1[C@H]1C=C[C@@H]2C1.CC(C)(C)OC(=O)N[C@@H]1[C@H](C(=O)O)[C@H]2C=C[C@@H]1C2. The molecule has 2 N–H and O–H groups in total. The average molecular weight is 724 g/mol. The van der Waals surface area contributed by atoms with Gasteiger partial charge in [0.2, 0.25) is 11.8 Å². The molecule has 6 bridgehead atoms. The quantitative estimate of drug-likeness (QED) is 0.205. The fourth-order valence-corrected chi connectivity index (χ4v) is 9.25. The van der Waals surface area contributed by atoms with Crippen LogP contribution in [-0.4, -0.2) is 85.9 Å². The first-order valence-corrected chi connectivity index (χ1v) is 18.4. The van der Waals surface area contributed by atoms with Gasteiger partial charge < -0.3 is 24.6 Å². The third kappa shape index (κ3) is 7.11. The number of carboxylic acid groups (broad SMARTS) is 1. The van der Waals surface area contributed by atoms with Crippen LogP contribution in [0.1, 0.15) is 81.6 Å². The van der Waals surface area contributed by atoms with Crippen LogP contribution in [0.4, 0.5) is 14.4 Å². The van der Waals surface area contributed by atoms with Gasteiger partial charge >= 0.3 is 24.2 Å². The predicted molar refractivity (Wildman–Crippen MR) is 187 cm³/mol. The van der Waals surface area contributed by atoms with Crippen molar-refractivity contribution in [3.63, 3.8) is 0 Å². The van der Waals surface area contributed by atoms with Gasteiger partial charge in [0.05, 0.1) is 35.9 Å². The molecule has 12 atom stereocenters. The number of amides is 5. The zero-order valence-electron chi connectivity index (χ0n) is 31.5. The van der Waals surface area contributed by atoms with Gasteiger partial charge in [-0.25, -0.2) is 24.2 Å². The van der Waals surface area contributed by atoms with Crippen LogP contribution in [0.25, 0.3) is 0 Å². The normalized spacial score (nSPS) is 36.5. The molecule has 0 radical (unpaired) electrons. The number of imide groups is 2. The Morgan fingerprint density at radius 2 is 0.962 bits per heavy atom. The third-order valence-corrected chi connectivity index (χ3v) is 11.1. The molecule has 2 heterocycles. The van der Waals surface area contributed by atoms with Gasteiger partial charge in [-0.05, 0) is 117 Å². The van der Waals surface area contributed by atoms with E-state index in [4.69, 9.17) is 14.2 Å². The Morgan fingerprint density at radius 3 is 1.37 bits per heavy atom. The van der Waals surface area contributed by atoms with Gasteiger partial charge in [0.25, 0.3) is 0 Å². The Bertz CT molecular complexity index is 1530. The largest absolute Gasteiger partial charge is 0.481 e. The van der Waals surface area contributed by atoms with E-state index in [0.29, 0.717) is 23.7 Å². The van der Waals surface area contributed by atoms with Crippen molar-refractivity contribution in [3.05, 3.63) is 36.5 Å². The number of aliphatic carboxylic acids is 1. The smallest absolute Gasteiger partial charge is 0.417 e. The number of fused-ring (bicyclic) bond motifs is 12. The number of β-lactam (4-membered cyclic amide) rings is 2. The van der Waals surface area contributed by atoms with Crippen molar-refractivity contribution in [2.75, 3.05) is 0 Å². The molecule has 2 saturated heterocycles. The van der Waals surface area contributed by atoms with Crippen LogP contribution in [0.3, 0.4) is 0 Å². The van der Waals surface area contributed by atoms with E-state index < -0.39 is 47.0 Å². The van der Waals surface area contributed by atoms with Crippen molar-refractivity contribution in [2.45, 2.75) is 117 Å². The van der Waals surface area contributed by atoms with E-state index in [1.165, 1.54) is 9.80 Å². The molecule has 52 heavy (non-hydrogen) atoms. The van der Waals surface area contributed by atoms with Gasteiger partial charge in [0.1, 0.15) is 16.8 Å². The summed E-state index contributed by atoms with van der Waals surface area (Å²) >= 11 is 0. The summed E-state index contributed by atoms with van der Waals surface area (Å²) in [5, 5.41) is 11.9. The van der Waals surface area contributed by atoms with E-state index >= 15 is 0 Å². The summed E-state index contributed by atoms with van der Waals surface area (Å²) in [6, 6.07) is -0.230. The maximum Gasteiger partial charge on any atom is 0.417 e. The Labute approximate surface area is 305 Å². The molecule has 0 aromatic rings. The molecule has 0 aromatic heterocycles. The van der Waals surface area contributed by atoms with Gasteiger partial charge in [-0.15, -0.1) is 0 Å². The summed E-state index contributed by atoms with van der Waals surface area (Å²) in [6.07, 6.45) is 13.8. The molecule has 0 spiro atoms. The molecule has 13 nitrogen and oxygen atoms in total. The molecule has 5 fully saturated rings. The number of carbonyl (C=O) groups excluding carboxylic acids is 5. The predicted octanol–water partition coefficient (Wildman–Crippen LogP) is 5.70. The lowest BCUT2D eigenvalue weighted by Gasteiger charge is -2.46. The van der Waals surface area contributed by atoms with Crippen LogP contribution >= 0.6 is 0 Å². The van der Waals surface area contributed by atoms with Crippen molar-refractivity contribution in [1.82, 2.24) is 15.1 Å². The molecule has 284 valence electrons. The standard InChI is InChI=1S/C13H19NO4.2C13H17NO3/c1-13(2,3)18-12(17)14-10-8-5-4-7(6-8)9(10)11(15)16;2*1-13(2,3)17-12(16)14-10-8-5-4-7(6-8)9(10)11(14)15/h4-5,7-10H,6H2,1-3H3,(H,14,17)(H,15,16);2*4-5,7-10H,6H2,1-3H3/t7-,8+,9+,10-;7-,8+,9+,10+;7-,8+,9-,10+/m011/s1. The summed E-state index contributed by atoms with van der Waals surface area (Å²) in [4.78, 5) is 73.4. The van der Waals surface area contributed by atoms with Crippen LogP contribution in [-0.2, 0) is 28.6 Å². The van der Waals surface area contributed by atoms with E-state index in [1.807, 2.05) is 53.7 Å². The Morgan fingerprint density at radius 1 is 0.596 bits per heavy atom. The van der Waals surface area contributed by atoms with E-state index in [2.05, 4.69) is 29.6 Å². The summed E-state index contributed by atoms with van der Waals surface area (Å²) in [7, 11) is 0. The molecule has 6 aliphatic carbocycles. The number of rotatable bonds is 2. The summed E-state index contributed by atoms with van der Waals surface area (Å²) in [5.41, 5.74) is -1.66. The number of carboxylic acids is 1. The topological polar surface area (TPSA) is 169 Å². The maximum absolute atomic E-state index is 12.0. The number of alkyl carbamates (subject to hydrolysis) is 1. The maximum atomic E-state index is 12.0.